The number of fused-ring (bicyclic) bond motifs is 3. The number of para-hydroxylation sites is 1. The van der Waals surface area contributed by atoms with Gasteiger partial charge in [0.2, 0.25) is 11.2 Å². The molecule has 10 nitrogen and oxygen atoms in total. The highest BCUT2D eigenvalue weighted by Gasteiger charge is 2.36. The van der Waals surface area contributed by atoms with Crippen molar-refractivity contribution in [2.24, 2.45) is 0 Å². The summed E-state index contributed by atoms with van der Waals surface area (Å²) in [6.07, 6.45) is -0.139. The summed E-state index contributed by atoms with van der Waals surface area (Å²) in [5, 5.41) is 40.6. The van der Waals surface area contributed by atoms with Gasteiger partial charge in [-0.2, -0.15) is 0 Å². The first-order valence-electron chi connectivity index (χ1n) is 11.3. The van der Waals surface area contributed by atoms with E-state index < -0.39 is 40.3 Å². The van der Waals surface area contributed by atoms with E-state index in [1.54, 1.807) is 25.1 Å². The summed E-state index contributed by atoms with van der Waals surface area (Å²) in [7, 11) is 1.49. The number of ether oxygens (including phenoxy) is 3. The Morgan fingerprint density at radius 3 is 2.49 bits per heavy atom. The molecule has 2 heterocycles. The smallest absolute Gasteiger partial charge is 0.312 e. The normalized spacial score (nSPS) is 14.8. The van der Waals surface area contributed by atoms with Gasteiger partial charge < -0.3 is 39.1 Å². The van der Waals surface area contributed by atoms with Crippen molar-refractivity contribution >= 4 is 16.9 Å². The van der Waals surface area contributed by atoms with Gasteiger partial charge in [-0.25, -0.2) is 0 Å². The average Bonchev–Trinajstić information content (AvgIpc) is 2.87. The van der Waals surface area contributed by atoms with Gasteiger partial charge in [-0.15, -0.1) is 0 Å². The fourth-order valence-corrected chi connectivity index (χ4v) is 4.57. The highest BCUT2D eigenvalue weighted by Crippen LogP contribution is 2.50. The largest absolute Gasteiger partial charge is 0.507 e. The Morgan fingerprint density at radius 2 is 1.78 bits per heavy atom. The maximum Gasteiger partial charge on any atom is 0.312 e. The van der Waals surface area contributed by atoms with E-state index in [-0.39, 0.29) is 40.0 Å². The molecule has 0 spiro atoms. The Hall–Kier alpha value is -4.86. The van der Waals surface area contributed by atoms with Gasteiger partial charge in [-0.3, -0.25) is 9.59 Å². The Morgan fingerprint density at radius 1 is 1.00 bits per heavy atom. The molecule has 0 aliphatic carbocycles. The minimum absolute atomic E-state index is 0.0233. The van der Waals surface area contributed by atoms with Crippen molar-refractivity contribution in [3.05, 3.63) is 63.8 Å². The SMILES string of the molecule is CCOc1c(OC)cccc1C1CC(=O)Oc2cc(O)c3c(=O)c(O)c(-c4ccc(O)c(O)c4)oc3c21. The van der Waals surface area contributed by atoms with Gasteiger partial charge in [0.05, 0.1) is 20.1 Å². The van der Waals surface area contributed by atoms with Crippen LogP contribution in [0.1, 0.15) is 30.4 Å². The Bertz CT molecular complexity index is 1620. The second kappa shape index (κ2) is 8.98. The summed E-state index contributed by atoms with van der Waals surface area (Å²) >= 11 is 0. The third-order valence-corrected chi connectivity index (χ3v) is 6.20. The van der Waals surface area contributed by atoms with Crippen LogP contribution in [0.5, 0.6) is 40.2 Å². The van der Waals surface area contributed by atoms with Gasteiger partial charge in [0.15, 0.2) is 28.8 Å². The molecule has 10 heteroatoms. The topological polar surface area (TPSA) is 156 Å². The standard InChI is InChI=1S/C27H22O10/c1-3-35-26-13(5-4-6-18(26)34-2)14-10-20(31)36-19-11-17(30)22-23(32)24(33)25(37-27(22)21(14)19)12-7-8-15(28)16(29)9-12/h4-9,11,14,28-30,33H,3,10H2,1-2H3. The van der Waals surface area contributed by atoms with Crippen LogP contribution in [0.3, 0.4) is 0 Å². The molecule has 1 atom stereocenters. The van der Waals surface area contributed by atoms with E-state index in [0.29, 0.717) is 23.7 Å². The third-order valence-electron chi connectivity index (χ3n) is 6.20. The first kappa shape index (κ1) is 23.9. The molecule has 1 aromatic heterocycles. The fourth-order valence-electron chi connectivity index (χ4n) is 4.57. The van der Waals surface area contributed by atoms with E-state index in [0.717, 1.165) is 12.1 Å². The molecule has 37 heavy (non-hydrogen) atoms. The molecule has 4 aromatic rings. The van der Waals surface area contributed by atoms with Crippen molar-refractivity contribution in [2.75, 3.05) is 13.7 Å². The minimum Gasteiger partial charge on any atom is -0.507 e. The molecule has 0 saturated heterocycles. The molecule has 1 aliphatic heterocycles. The van der Waals surface area contributed by atoms with Crippen LogP contribution in [0.2, 0.25) is 0 Å². The van der Waals surface area contributed by atoms with Crippen LogP contribution in [-0.2, 0) is 4.79 Å². The number of methoxy groups -OCH3 is 1. The van der Waals surface area contributed by atoms with Crippen molar-refractivity contribution in [1.29, 1.82) is 0 Å². The highest BCUT2D eigenvalue weighted by atomic mass is 16.5. The molecule has 1 unspecified atom stereocenters. The summed E-state index contributed by atoms with van der Waals surface area (Å²) in [4.78, 5) is 25.8. The Kier molecular flexibility index (Phi) is 5.79. The molecule has 0 amide bonds. The van der Waals surface area contributed by atoms with Crippen LogP contribution in [0.25, 0.3) is 22.3 Å². The number of phenols is 3. The Balaban J connectivity index is 1.86. The number of esters is 1. The first-order valence-corrected chi connectivity index (χ1v) is 11.3. The van der Waals surface area contributed by atoms with Gasteiger partial charge in [-0.1, -0.05) is 12.1 Å². The number of hydrogen-bond acceptors (Lipinski definition) is 10. The van der Waals surface area contributed by atoms with E-state index in [4.69, 9.17) is 18.6 Å². The molecular weight excluding hydrogens is 484 g/mol. The van der Waals surface area contributed by atoms with E-state index >= 15 is 0 Å². The van der Waals surface area contributed by atoms with Gasteiger partial charge in [0, 0.05) is 28.7 Å². The number of hydrogen-bond donors (Lipinski definition) is 4. The maximum absolute atomic E-state index is 13.2. The zero-order valence-corrected chi connectivity index (χ0v) is 19.8. The molecule has 190 valence electrons. The molecule has 0 bridgehead atoms. The Labute approximate surface area is 209 Å². The maximum atomic E-state index is 13.2. The van der Waals surface area contributed by atoms with E-state index in [1.807, 2.05) is 0 Å². The molecule has 5 rings (SSSR count). The average molecular weight is 506 g/mol. The zero-order valence-electron chi connectivity index (χ0n) is 19.8. The second-order valence-corrected chi connectivity index (χ2v) is 8.37. The number of benzene rings is 3. The van der Waals surface area contributed by atoms with Gasteiger partial charge in [0.1, 0.15) is 22.5 Å². The summed E-state index contributed by atoms with van der Waals surface area (Å²) < 4.78 is 22.7. The number of carbonyl (C=O) groups is 1. The van der Waals surface area contributed by atoms with Crippen molar-refractivity contribution in [3.8, 4) is 51.6 Å². The number of phenolic OH excluding ortho intramolecular Hbond substituents is 3. The summed E-state index contributed by atoms with van der Waals surface area (Å²) in [6, 6.07) is 9.93. The van der Waals surface area contributed by atoms with Crippen molar-refractivity contribution in [2.45, 2.75) is 19.3 Å². The lowest BCUT2D eigenvalue weighted by molar-refractivity contribution is -0.135. The number of carbonyl (C=O) groups excluding carboxylic acids is 1. The van der Waals surface area contributed by atoms with Crippen molar-refractivity contribution < 1.29 is 43.8 Å². The predicted octanol–water partition coefficient (Wildman–Crippen LogP) is 4.13. The molecule has 1 aliphatic rings. The first-order chi connectivity index (χ1) is 17.7. The van der Waals surface area contributed by atoms with Crippen LogP contribution in [0.15, 0.2) is 51.7 Å². The summed E-state index contributed by atoms with van der Waals surface area (Å²) in [5.41, 5.74) is -0.128. The highest BCUT2D eigenvalue weighted by molar-refractivity contribution is 5.94. The summed E-state index contributed by atoms with van der Waals surface area (Å²) in [5.74, 6) is -3.09. The molecular formula is C27H22O10. The molecule has 0 radical (unpaired) electrons. The third kappa shape index (κ3) is 3.83. The van der Waals surface area contributed by atoms with E-state index in [9.17, 15) is 30.0 Å². The van der Waals surface area contributed by atoms with Gasteiger partial charge in [-0.05, 0) is 31.2 Å². The number of rotatable bonds is 5. The molecule has 4 N–H and O–H groups in total. The van der Waals surface area contributed by atoms with E-state index in [1.165, 1.54) is 19.2 Å². The molecule has 0 saturated carbocycles. The zero-order chi connectivity index (χ0) is 26.4. The van der Waals surface area contributed by atoms with Gasteiger partial charge in [0.25, 0.3) is 0 Å². The van der Waals surface area contributed by atoms with Crippen LogP contribution in [0, 0.1) is 0 Å². The van der Waals surface area contributed by atoms with Crippen LogP contribution < -0.4 is 19.6 Å². The lowest BCUT2D eigenvalue weighted by Gasteiger charge is -2.28. The molecule has 0 fully saturated rings. The van der Waals surface area contributed by atoms with E-state index in [2.05, 4.69) is 0 Å². The fraction of sp³-hybridized carbons (Fsp3) is 0.185. The molecule has 3 aromatic carbocycles. The van der Waals surface area contributed by atoms with Crippen molar-refractivity contribution in [3.63, 3.8) is 0 Å². The van der Waals surface area contributed by atoms with Crippen LogP contribution >= 0.6 is 0 Å². The monoisotopic (exact) mass is 506 g/mol. The van der Waals surface area contributed by atoms with Crippen LogP contribution in [-0.4, -0.2) is 40.1 Å². The van der Waals surface area contributed by atoms with Crippen molar-refractivity contribution in [1.82, 2.24) is 0 Å². The summed E-state index contributed by atoms with van der Waals surface area (Å²) in [6.45, 7) is 2.11. The second-order valence-electron chi connectivity index (χ2n) is 8.37. The minimum atomic E-state index is -0.935. The number of aromatic hydroxyl groups is 4. The lowest BCUT2D eigenvalue weighted by atomic mass is 9.84. The predicted molar refractivity (Wildman–Crippen MR) is 131 cm³/mol. The van der Waals surface area contributed by atoms with Gasteiger partial charge >= 0.3 is 5.97 Å². The lowest BCUT2D eigenvalue weighted by Crippen LogP contribution is -2.22. The van der Waals surface area contributed by atoms with Crippen LogP contribution in [0.4, 0.5) is 0 Å². The quantitative estimate of drug-likeness (QED) is 0.176.